The summed E-state index contributed by atoms with van der Waals surface area (Å²) in [5, 5.41) is 1.98. The molecule has 6 heteroatoms. The molecule has 1 aromatic heterocycles. The maximum atomic E-state index is 11.7. The fourth-order valence-electron chi connectivity index (χ4n) is 1.37. The summed E-state index contributed by atoms with van der Waals surface area (Å²) in [6, 6.07) is 3.95. The Labute approximate surface area is 110 Å². The largest absolute Gasteiger partial charge is 0.468 e. The highest BCUT2D eigenvalue weighted by atomic mass is 32.1. The van der Waals surface area contributed by atoms with Gasteiger partial charge in [0.1, 0.15) is 6.54 Å². The number of methoxy groups -OCH3 is 1. The molecule has 0 saturated carbocycles. The monoisotopic (exact) mass is 271 g/mol. The maximum absolute atomic E-state index is 11.7. The Morgan fingerprint density at radius 2 is 2.22 bits per heavy atom. The van der Waals surface area contributed by atoms with Crippen molar-refractivity contribution in [1.29, 1.82) is 0 Å². The first-order chi connectivity index (χ1) is 8.67. The smallest absolute Gasteiger partial charge is 0.410 e. The summed E-state index contributed by atoms with van der Waals surface area (Å²) >= 11 is 1.62. The molecule has 1 amide bonds. The van der Waals surface area contributed by atoms with Gasteiger partial charge in [0.25, 0.3) is 0 Å². The lowest BCUT2D eigenvalue weighted by Gasteiger charge is -2.20. The predicted molar refractivity (Wildman–Crippen MR) is 68.6 cm³/mol. The van der Waals surface area contributed by atoms with Gasteiger partial charge in [-0.25, -0.2) is 4.79 Å². The van der Waals surface area contributed by atoms with E-state index in [1.54, 1.807) is 18.3 Å². The molecule has 0 bridgehead atoms. The second-order valence-corrected chi connectivity index (χ2v) is 4.56. The average molecular weight is 271 g/mol. The standard InChI is InChI=1S/C12H17NO4S/c1-3-17-12(15)13(9-11(14)16-2)7-6-10-5-4-8-18-10/h4-5,8H,3,6-7,9H2,1-2H3. The van der Waals surface area contributed by atoms with Crippen molar-refractivity contribution >= 4 is 23.4 Å². The van der Waals surface area contributed by atoms with Gasteiger partial charge in [-0.15, -0.1) is 11.3 Å². The molecule has 1 heterocycles. The molecule has 0 aliphatic rings. The van der Waals surface area contributed by atoms with Crippen LogP contribution in [0, 0.1) is 0 Å². The van der Waals surface area contributed by atoms with E-state index in [-0.39, 0.29) is 13.2 Å². The topological polar surface area (TPSA) is 55.8 Å². The lowest BCUT2D eigenvalue weighted by molar-refractivity contribution is -0.141. The van der Waals surface area contributed by atoms with Crippen LogP contribution in [0.15, 0.2) is 17.5 Å². The molecule has 0 fully saturated rings. The third-order valence-corrected chi connectivity index (χ3v) is 3.22. The Balaban J connectivity index is 2.53. The van der Waals surface area contributed by atoms with E-state index in [0.29, 0.717) is 13.0 Å². The SMILES string of the molecule is CCOC(=O)N(CCc1cccs1)CC(=O)OC. The van der Waals surface area contributed by atoms with E-state index in [1.807, 2.05) is 17.5 Å². The minimum atomic E-state index is -0.487. The minimum Gasteiger partial charge on any atom is -0.468 e. The fourth-order valence-corrected chi connectivity index (χ4v) is 2.07. The van der Waals surface area contributed by atoms with Gasteiger partial charge in [-0.05, 0) is 24.8 Å². The van der Waals surface area contributed by atoms with E-state index in [2.05, 4.69) is 4.74 Å². The molecule has 1 aromatic rings. The van der Waals surface area contributed by atoms with Crippen molar-refractivity contribution in [3.05, 3.63) is 22.4 Å². The summed E-state index contributed by atoms with van der Waals surface area (Å²) in [5.74, 6) is -0.450. The third kappa shape index (κ3) is 4.75. The third-order valence-electron chi connectivity index (χ3n) is 2.28. The van der Waals surface area contributed by atoms with Gasteiger partial charge in [0, 0.05) is 11.4 Å². The molecule has 0 aliphatic carbocycles. The number of amides is 1. The number of nitrogens with zero attached hydrogens (tertiary/aromatic N) is 1. The summed E-state index contributed by atoms with van der Waals surface area (Å²) in [7, 11) is 1.30. The van der Waals surface area contributed by atoms with Crippen LogP contribution in [0.1, 0.15) is 11.8 Å². The zero-order valence-electron chi connectivity index (χ0n) is 10.5. The molecular weight excluding hydrogens is 254 g/mol. The molecule has 0 aliphatic heterocycles. The van der Waals surface area contributed by atoms with Crippen molar-refractivity contribution in [2.24, 2.45) is 0 Å². The number of hydrogen-bond donors (Lipinski definition) is 0. The van der Waals surface area contributed by atoms with Crippen LogP contribution in [-0.2, 0) is 20.7 Å². The van der Waals surface area contributed by atoms with Crippen LogP contribution in [0.3, 0.4) is 0 Å². The van der Waals surface area contributed by atoms with E-state index < -0.39 is 12.1 Å². The molecule has 5 nitrogen and oxygen atoms in total. The highest BCUT2D eigenvalue weighted by Crippen LogP contribution is 2.10. The second-order valence-electron chi connectivity index (χ2n) is 3.53. The first-order valence-corrected chi connectivity index (χ1v) is 6.56. The molecule has 0 aromatic carbocycles. The highest BCUT2D eigenvalue weighted by Gasteiger charge is 2.18. The van der Waals surface area contributed by atoms with Crippen LogP contribution in [-0.4, -0.2) is 43.8 Å². The Bertz CT molecular complexity index is 377. The molecule has 100 valence electrons. The van der Waals surface area contributed by atoms with Gasteiger partial charge in [-0.3, -0.25) is 9.69 Å². The van der Waals surface area contributed by atoms with Crippen molar-refractivity contribution < 1.29 is 19.1 Å². The molecule has 0 spiro atoms. The van der Waals surface area contributed by atoms with Crippen LogP contribution in [0.25, 0.3) is 0 Å². The van der Waals surface area contributed by atoms with Gasteiger partial charge >= 0.3 is 12.1 Å². The summed E-state index contributed by atoms with van der Waals surface area (Å²) in [6.07, 6.45) is 0.215. The molecule has 0 saturated heterocycles. The quantitative estimate of drug-likeness (QED) is 0.742. The predicted octanol–water partition coefficient (Wildman–Crippen LogP) is 1.92. The average Bonchev–Trinajstić information content (AvgIpc) is 2.87. The Kier molecular flexibility index (Phi) is 6.21. The summed E-state index contributed by atoms with van der Waals surface area (Å²) in [5.41, 5.74) is 0. The number of thiophene rings is 1. The number of rotatable bonds is 6. The van der Waals surface area contributed by atoms with Crippen LogP contribution < -0.4 is 0 Å². The number of esters is 1. The van der Waals surface area contributed by atoms with Crippen LogP contribution >= 0.6 is 11.3 Å². The van der Waals surface area contributed by atoms with E-state index in [0.717, 1.165) is 4.88 Å². The number of ether oxygens (including phenoxy) is 2. The van der Waals surface area contributed by atoms with Gasteiger partial charge in [0.2, 0.25) is 0 Å². The summed E-state index contributed by atoms with van der Waals surface area (Å²) in [4.78, 5) is 25.4. The molecule has 0 radical (unpaired) electrons. The first kappa shape index (κ1) is 14.5. The van der Waals surface area contributed by atoms with E-state index in [9.17, 15) is 9.59 Å². The van der Waals surface area contributed by atoms with Crippen LogP contribution in [0.5, 0.6) is 0 Å². The maximum Gasteiger partial charge on any atom is 0.410 e. The first-order valence-electron chi connectivity index (χ1n) is 5.68. The molecule has 18 heavy (non-hydrogen) atoms. The van der Waals surface area contributed by atoms with Crippen LogP contribution in [0.4, 0.5) is 4.79 Å². The van der Waals surface area contributed by atoms with Gasteiger partial charge in [-0.2, -0.15) is 0 Å². The lowest BCUT2D eigenvalue weighted by atomic mass is 10.3. The van der Waals surface area contributed by atoms with Crippen molar-refractivity contribution in [1.82, 2.24) is 4.90 Å². The van der Waals surface area contributed by atoms with Gasteiger partial charge in [0.05, 0.1) is 13.7 Å². The molecular formula is C12H17NO4S. The van der Waals surface area contributed by atoms with Gasteiger partial charge in [0.15, 0.2) is 0 Å². The minimum absolute atomic E-state index is 0.0826. The number of carbonyl (C=O) groups is 2. The van der Waals surface area contributed by atoms with E-state index in [1.165, 1.54) is 12.0 Å². The zero-order valence-corrected chi connectivity index (χ0v) is 11.4. The zero-order chi connectivity index (χ0) is 13.4. The second kappa shape index (κ2) is 7.71. The van der Waals surface area contributed by atoms with E-state index >= 15 is 0 Å². The van der Waals surface area contributed by atoms with E-state index in [4.69, 9.17) is 4.74 Å². The lowest BCUT2D eigenvalue weighted by Crippen LogP contribution is -2.38. The van der Waals surface area contributed by atoms with Crippen molar-refractivity contribution in [3.8, 4) is 0 Å². The highest BCUT2D eigenvalue weighted by molar-refractivity contribution is 7.09. The van der Waals surface area contributed by atoms with Crippen LogP contribution in [0.2, 0.25) is 0 Å². The van der Waals surface area contributed by atoms with Crippen molar-refractivity contribution in [2.45, 2.75) is 13.3 Å². The van der Waals surface area contributed by atoms with Crippen molar-refractivity contribution in [2.75, 3.05) is 26.8 Å². The molecule has 0 atom stereocenters. The Morgan fingerprint density at radius 3 is 2.78 bits per heavy atom. The van der Waals surface area contributed by atoms with Crippen molar-refractivity contribution in [3.63, 3.8) is 0 Å². The van der Waals surface area contributed by atoms with Gasteiger partial charge < -0.3 is 9.47 Å². The van der Waals surface area contributed by atoms with Gasteiger partial charge in [-0.1, -0.05) is 6.07 Å². The molecule has 1 rings (SSSR count). The Hall–Kier alpha value is -1.56. The normalized spacial score (nSPS) is 9.89. The fraction of sp³-hybridized carbons (Fsp3) is 0.500. The Morgan fingerprint density at radius 1 is 1.44 bits per heavy atom. The number of carbonyl (C=O) groups excluding carboxylic acids is 2. The molecule has 0 unspecified atom stereocenters. The summed E-state index contributed by atoms with van der Waals surface area (Å²) in [6.45, 7) is 2.37. The molecule has 0 N–H and O–H groups in total. The number of hydrogen-bond acceptors (Lipinski definition) is 5. The summed E-state index contributed by atoms with van der Waals surface area (Å²) < 4.78 is 9.46.